The van der Waals surface area contributed by atoms with Gasteiger partial charge in [0, 0.05) is 21.9 Å². The second-order valence-electron chi connectivity index (χ2n) is 5.94. The third-order valence-corrected chi connectivity index (χ3v) is 5.74. The smallest absolute Gasteiger partial charge is 0.356 e. The Morgan fingerprint density at radius 2 is 1.89 bits per heavy atom. The van der Waals surface area contributed by atoms with Crippen molar-refractivity contribution in [2.75, 3.05) is 5.32 Å². The van der Waals surface area contributed by atoms with Crippen LogP contribution in [0.25, 0.3) is 21.9 Å². The van der Waals surface area contributed by atoms with Crippen LogP contribution >= 0.6 is 35.1 Å². The second kappa shape index (κ2) is 6.89. The lowest BCUT2D eigenvalue weighted by Gasteiger charge is -2.09. The van der Waals surface area contributed by atoms with Crippen LogP contribution in [0.5, 0.6) is 0 Å². The number of fused-ring (bicyclic) bond motifs is 3. The molecule has 0 unspecified atom stereocenters. The molecule has 2 aromatic carbocycles. The quantitative estimate of drug-likeness (QED) is 0.267. The van der Waals surface area contributed by atoms with Crippen LogP contribution in [-0.4, -0.2) is 24.7 Å². The largest absolute Gasteiger partial charge is 0.364 e. The summed E-state index contributed by atoms with van der Waals surface area (Å²) in [5, 5.41) is 4.25. The molecule has 0 radical (unpaired) electrons. The zero-order chi connectivity index (χ0) is 19.2. The van der Waals surface area contributed by atoms with E-state index in [1.165, 1.54) is 12.1 Å². The molecule has 10 heteroatoms. The first-order valence-corrected chi connectivity index (χ1v) is 10.6. The van der Waals surface area contributed by atoms with Crippen molar-refractivity contribution in [1.82, 2.24) is 15.0 Å². The summed E-state index contributed by atoms with van der Waals surface area (Å²) in [6.45, 7) is 0.406. The van der Waals surface area contributed by atoms with Crippen molar-refractivity contribution in [2.24, 2.45) is 0 Å². The van der Waals surface area contributed by atoms with Gasteiger partial charge in [-0.3, -0.25) is 4.57 Å². The lowest BCUT2D eigenvalue weighted by Crippen LogP contribution is -2.06. The standard InChI is InChI=1S/C17H13BrClN4O3P/c18-10-3-6-13-12(7-10)14-15(21-13)16(23-17(19)22-14)20-8-9-1-4-11(5-2-9)27(24,25)26/h1-7,21H,8H2,(H,20,22,23)(H2,24,25,26). The van der Waals surface area contributed by atoms with Crippen molar-refractivity contribution >= 4 is 68.2 Å². The number of hydrogen-bond acceptors (Lipinski definition) is 4. The van der Waals surface area contributed by atoms with Crippen LogP contribution in [0, 0.1) is 0 Å². The van der Waals surface area contributed by atoms with Gasteiger partial charge >= 0.3 is 7.60 Å². The van der Waals surface area contributed by atoms with E-state index in [2.05, 4.69) is 36.2 Å². The molecule has 4 rings (SSSR count). The van der Waals surface area contributed by atoms with E-state index in [0.29, 0.717) is 17.9 Å². The molecule has 138 valence electrons. The van der Waals surface area contributed by atoms with Crippen molar-refractivity contribution in [3.8, 4) is 0 Å². The van der Waals surface area contributed by atoms with Gasteiger partial charge < -0.3 is 20.1 Å². The fourth-order valence-electron chi connectivity index (χ4n) is 2.82. The number of halogens is 2. The summed E-state index contributed by atoms with van der Waals surface area (Å²) < 4.78 is 12.2. The van der Waals surface area contributed by atoms with E-state index in [9.17, 15) is 14.4 Å². The monoisotopic (exact) mass is 466 g/mol. The first kappa shape index (κ1) is 18.4. The lowest BCUT2D eigenvalue weighted by atomic mass is 10.2. The van der Waals surface area contributed by atoms with Gasteiger partial charge in [-0.1, -0.05) is 28.1 Å². The maximum Gasteiger partial charge on any atom is 0.356 e. The molecular weight excluding hydrogens is 455 g/mol. The van der Waals surface area contributed by atoms with E-state index in [0.717, 1.165) is 26.5 Å². The van der Waals surface area contributed by atoms with Crippen molar-refractivity contribution < 1.29 is 14.4 Å². The van der Waals surface area contributed by atoms with Crippen LogP contribution in [0.4, 0.5) is 5.82 Å². The van der Waals surface area contributed by atoms with Gasteiger partial charge in [0.15, 0.2) is 5.82 Å². The number of aromatic nitrogens is 3. The molecule has 0 atom stereocenters. The summed E-state index contributed by atoms with van der Waals surface area (Å²) in [7, 11) is -4.24. The van der Waals surface area contributed by atoms with Crippen LogP contribution in [0.2, 0.25) is 5.28 Å². The zero-order valence-electron chi connectivity index (χ0n) is 13.6. The van der Waals surface area contributed by atoms with E-state index >= 15 is 0 Å². The summed E-state index contributed by atoms with van der Waals surface area (Å²) in [6, 6.07) is 12.0. The lowest BCUT2D eigenvalue weighted by molar-refractivity contribution is 0.387. The molecule has 2 heterocycles. The number of benzene rings is 2. The third-order valence-electron chi connectivity index (χ3n) is 4.11. The number of hydrogen-bond donors (Lipinski definition) is 4. The van der Waals surface area contributed by atoms with Gasteiger partial charge in [-0.15, -0.1) is 0 Å². The summed E-state index contributed by atoms with van der Waals surface area (Å²) in [5.74, 6) is 0.552. The number of nitrogens with one attached hydrogen (secondary N) is 2. The predicted molar refractivity (Wildman–Crippen MR) is 110 cm³/mol. The molecule has 27 heavy (non-hydrogen) atoms. The maximum absolute atomic E-state index is 11.3. The highest BCUT2D eigenvalue weighted by Crippen LogP contribution is 2.33. The zero-order valence-corrected chi connectivity index (χ0v) is 16.9. The average molecular weight is 468 g/mol. The molecule has 0 aliphatic rings. The molecule has 0 amide bonds. The molecule has 0 saturated carbocycles. The number of nitrogens with zero attached hydrogens (tertiary/aromatic N) is 2. The summed E-state index contributed by atoms with van der Waals surface area (Å²) in [4.78, 5) is 30.3. The molecule has 2 aromatic heterocycles. The van der Waals surface area contributed by atoms with E-state index in [4.69, 9.17) is 11.6 Å². The first-order valence-electron chi connectivity index (χ1n) is 7.85. The van der Waals surface area contributed by atoms with Crippen LogP contribution in [0.1, 0.15) is 5.56 Å². The summed E-state index contributed by atoms with van der Waals surface area (Å²) >= 11 is 9.56. The Morgan fingerprint density at radius 1 is 1.15 bits per heavy atom. The van der Waals surface area contributed by atoms with E-state index < -0.39 is 7.60 Å². The molecule has 0 bridgehead atoms. The SMILES string of the molecule is O=P(O)(O)c1ccc(CNc2nc(Cl)nc3c2[nH]c2ccc(Br)cc23)cc1. The second-order valence-corrected chi connectivity index (χ2v) is 8.80. The van der Waals surface area contributed by atoms with Gasteiger partial charge in [0.05, 0.1) is 5.30 Å². The Balaban J connectivity index is 1.67. The predicted octanol–water partition coefficient (Wildman–Crippen LogP) is 3.94. The van der Waals surface area contributed by atoms with E-state index in [1.54, 1.807) is 12.1 Å². The minimum atomic E-state index is -4.24. The molecule has 4 N–H and O–H groups in total. The van der Waals surface area contributed by atoms with Crippen molar-refractivity contribution in [3.05, 3.63) is 57.8 Å². The van der Waals surface area contributed by atoms with Gasteiger partial charge in [-0.05, 0) is 47.5 Å². The topological polar surface area (TPSA) is 111 Å². The fourth-order valence-corrected chi connectivity index (χ4v) is 3.89. The van der Waals surface area contributed by atoms with Gasteiger partial charge in [-0.2, -0.15) is 4.98 Å². The van der Waals surface area contributed by atoms with Gasteiger partial charge in [-0.25, -0.2) is 4.98 Å². The van der Waals surface area contributed by atoms with Gasteiger partial charge in [0.2, 0.25) is 5.28 Å². The van der Waals surface area contributed by atoms with Crippen molar-refractivity contribution in [2.45, 2.75) is 6.54 Å². The fraction of sp³-hybridized carbons (Fsp3) is 0.0588. The number of H-pyrrole nitrogens is 1. The Bertz CT molecular complexity index is 1210. The van der Waals surface area contributed by atoms with Gasteiger partial charge in [0.1, 0.15) is 11.0 Å². The van der Waals surface area contributed by atoms with Crippen LogP contribution in [-0.2, 0) is 11.1 Å². The highest BCUT2D eigenvalue weighted by Gasteiger charge is 2.16. The van der Waals surface area contributed by atoms with E-state index in [1.807, 2.05) is 18.2 Å². The molecule has 0 spiro atoms. The number of aromatic amines is 1. The van der Waals surface area contributed by atoms with Crippen LogP contribution in [0.15, 0.2) is 46.9 Å². The maximum atomic E-state index is 11.3. The molecule has 0 fully saturated rings. The highest BCUT2D eigenvalue weighted by atomic mass is 79.9. The van der Waals surface area contributed by atoms with E-state index in [-0.39, 0.29) is 10.6 Å². The van der Waals surface area contributed by atoms with Crippen LogP contribution < -0.4 is 10.6 Å². The first-order chi connectivity index (χ1) is 12.8. The Hall–Kier alpha value is -1.96. The number of rotatable bonds is 4. The molecule has 4 aromatic rings. The summed E-state index contributed by atoms with van der Waals surface area (Å²) in [5.41, 5.74) is 3.21. The molecule has 7 nitrogen and oxygen atoms in total. The third kappa shape index (κ3) is 3.72. The minimum Gasteiger partial charge on any atom is -0.364 e. The Morgan fingerprint density at radius 3 is 2.59 bits per heavy atom. The molecular formula is C17H13BrClN4O3P. The Labute approximate surface area is 167 Å². The average Bonchev–Trinajstić information content (AvgIpc) is 2.97. The van der Waals surface area contributed by atoms with Crippen molar-refractivity contribution in [3.63, 3.8) is 0 Å². The summed E-state index contributed by atoms with van der Waals surface area (Å²) in [6.07, 6.45) is 0. The van der Waals surface area contributed by atoms with Crippen molar-refractivity contribution in [1.29, 1.82) is 0 Å². The Kier molecular flexibility index (Phi) is 4.70. The highest BCUT2D eigenvalue weighted by molar-refractivity contribution is 9.10. The molecule has 0 aliphatic heterocycles. The molecule has 0 saturated heterocycles. The van der Waals surface area contributed by atoms with Gasteiger partial charge in [0.25, 0.3) is 0 Å². The number of anilines is 1. The minimum absolute atomic E-state index is 0.0140. The van der Waals surface area contributed by atoms with Crippen LogP contribution in [0.3, 0.4) is 0 Å². The molecule has 0 aliphatic carbocycles. The normalized spacial score (nSPS) is 12.0.